The van der Waals surface area contributed by atoms with E-state index in [2.05, 4.69) is 5.32 Å². The molecular weight excluding hydrogens is 314 g/mol. The normalized spacial score (nSPS) is 13.0. The third kappa shape index (κ3) is 4.99. The third-order valence-corrected chi connectivity index (χ3v) is 4.28. The average molecular weight is 341 g/mol. The van der Waals surface area contributed by atoms with Crippen molar-refractivity contribution in [1.29, 1.82) is 0 Å². The lowest BCUT2D eigenvalue weighted by atomic mass is 10.1. The molecule has 0 aliphatic carbocycles. The number of carbonyl (C=O) groups excluding carboxylic acids is 1. The minimum absolute atomic E-state index is 0.104. The fourth-order valence-corrected chi connectivity index (χ4v) is 2.53. The Hall–Kier alpha value is -2.49. The van der Waals surface area contributed by atoms with Gasteiger partial charge in [-0.25, -0.2) is 0 Å². The maximum absolute atomic E-state index is 12.4. The molecule has 0 saturated heterocycles. The first-order valence-corrected chi connectivity index (χ1v) is 8.68. The molecule has 2 rings (SSSR count). The lowest BCUT2D eigenvalue weighted by molar-refractivity contribution is -0.127. The van der Waals surface area contributed by atoms with Gasteiger partial charge in [0.15, 0.2) is 6.10 Å². The number of aryl methyl sites for hydroxylation is 1. The Kier molecular flexibility index (Phi) is 6.45. The van der Waals surface area contributed by atoms with Crippen LogP contribution in [0.2, 0.25) is 0 Å². The van der Waals surface area contributed by atoms with E-state index < -0.39 is 6.10 Å². The number of amides is 1. The van der Waals surface area contributed by atoms with Gasteiger partial charge in [0, 0.05) is 0 Å². The summed E-state index contributed by atoms with van der Waals surface area (Å²) in [5, 5.41) is 3.00. The van der Waals surface area contributed by atoms with Crippen LogP contribution >= 0.6 is 0 Å². The van der Waals surface area contributed by atoms with E-state index in [1.807, 2.05) is 70.2 Å². The second-order valence-electron chi connectivity index (χ2n) is 6.19. The van der Waals surface area contributed by atoms with Crippen LogP contribution in [0.4, 0.5) is 0 Å². The van der Waals surface area contributed by atoms with Gasteiger partial charge >= 0.3 is 0 Å². The van der Waals surface area contributed by atoms with Gasteiger partial charge in [-0.15, -0.1) is 0 Å². The van der Waals surface area contributed by atoms with Gasteiger partial charge in [-0.2, -0.15) is 0 Å². The zero-order valence-corrected chi connectivity index (χ0v) is 15.6. The number of ether oxygens (including phenoxy) is 2. The van der Waals surface area contributed by atoms with Gasteiger partial charge < -0.3 is 14.8 Å². The second kappa shape index (κ2) is 8.56. The first kappa shape index (κ1) is 18.8. The molecule has 2 aromatic rings. The van der Waals surface area contributed by atoms with Crippen molar-refractivity contribution in [2.24, 2.45) is 0 Å². The van der Waals surface area contributed by atoms with E-state index >= 15 is 0 Å². The Morgan fingerprint density at radius 3 is 2.40 bits per heavy atom. The van der Waals surface area contributed by atoms with Gasteiger partial charge in [0.1, 0.15) is 11.5 Å². The molecule has 0 radical (unpaired) electrons. The highest BCUT2D eigenvalue weighted by Crippen LogP contribution is 2.22. The molecule has 2 atom stereocenters. The zero-order chi connectivity index (χ0) is 18.4. The van der Waals surface area contributed by atoms with Crippen LogP contribution in [-0.2, 0) is 4.79 Å². The van der Waals surface area contributed by atoms with E-state index in [1.165, 1.54) is 0 Å². The lowest BCUT2D eigenvalue weighted by Crippen LogP contribution is -2.37. The van der Waals surface area contributed by atoms with Crippen molar-refractivity contribution in [1.82, 2.24) is 5.32 Å². The minimum Gasteiger partial charge on any atom is -0.494 e. The van der Waals surface area contributed by atoms with E-state index in [-0.39, 0.29) is 11.9 Å². The molecule has 4 heteroatoms. The van der Waals surface area contributed by atoms with E-state index in [0.29, 0.717) is 6.61 Å². The Balaban J connectivity index is 1.96. The molecule has 0 saturated carbocycles. The monoisotopic (exact) mass is 341 g/mol. The highest BCUT2D eigenvalue weighted by molar-refractivity contribution is 5.81. The van der Waals surface area contributed by atoms with Gasteiger partial charge in [-0.3, -0.25) is 4.79 Å². The number of nitrogens with one attached hydrogen (secondary N) is 1. The molecule has 0 bridgehead atoms. The first-order chi connectivity index (χ1) is 11.9. The van der Waals surface area contributed by atoms with Crippen LogP contribution in [0.3, 0.4) is 0 Å². The molecule has 1 N–H and O–H groups in total. The molecule has 25 heavy (non-hydrogen) atoms. The van der Waals surface area contributed by atoms with Gasteiger partial charge in [0.25, 0.3) is 5.91 Å². The van der Waals surface area contributed by atoms with Gasteiger partial charge in [-0.05, 0) is 69.5 Å². The molecule has 0 aliphatic heterocycles. The van der Waals surface area contributed by atoms with E-state index in [4.69, 9.17) is 9.47 Å². The summed E-state index contributed by atoms with van der Waals surface area (Å²) in [5.41, 5.74) is 3.23. The molecule has 0 aliphatic rings. The van der Waals surface area contributed by atoms with Crippen molar-refractivity contribution in [2.45, 2.75) is 46.8 Å². The molecule has 2 aromatic carbocycles. The third-order valence-electron chi connectivity index (χ3n) is 4.28. The van der Waals surface area contributed by atoms with E-state index in [0.717, 1.165) is 28.2 Å². The Bertz CT molecular complexity index is 710. The topological polar surface area (TPSA) is 47.6 Å². The minimum atomic E-state index is -0.564. The molecule has 0 unspecified atom stereocenters. The lowest BCUT2D eigenvalue weighted by Gasteiger charge is -2.20. The van der Waals surface area contributed by atoms with Crippen LogP contribution in [0.5, 0.6) is 11.5 Å². The van der Waals surface area contributed by atoms with E-state index in [9.17, 15) is 4.79 Å². The standard InChI is InChI=1S/C21H27NO3/c1-6-24-19-12-10-18(11-13-19)16(4)22-21(23)17(5)25-20-9-7-8-14(2)15(20)3/h7-13,16-17H,6H2,1-5H3,(H,22,23)/t16-,17-/m0/s1. The summed E-state index contributed by atoms with van der Waals surface area (Å²) >= 11 is 0. The predicted octanol–water partition coefficient (Wildman–Crippen LogP) is 4.35. The quantitative estimate of drug-likeness (QED) is 0.814. The van der Waals surface area contributed by atoms with Crippen molar-refractivity contribution >= 4 is 5.91 Å². The molecule has 0 fully saturated rings. The first-order valence-electron chi connectivity index (χ1n) is 8.68. The number of rotatable bonds is 7. The maximum Gasteiger partial charge on any atom is 0.261 e. The highest BCUT2D eigenvalue weighted by atomic mass is 16.5. The molecule has 0 aromatic heterocycles. The number of benzene rings is 2. The van der Waals surface area contributed by atoms with Gasteiger partial charge in [-0.1, -0.05) is 24.3 Å². The van der Waals surface area contributed by atoms with Crippen LogP contribution in [0.1, 0.15) is 43.5 Å². The molecule has 0 spiro atoms. The largest absolute Gasteiger partial charge is 0.494 e. The summed E-state index contributed by atoms with van der Waals surface area (Å²) in [6.45, 7) is 10.3. The summed E-state index contributed by atoms with van der Waals surface area (Å²) in [4.78, 5) is 12.4. The fraction of sp³-hybridized carbons (Fsp3) is 0.381. The number of hydrogen-bond acceptors (Lipinski definition) is 3. The summed E-state index contributed by atoms with van der Waals surface area (Å²) in [6.07, 6.45) is -0.564. The van der Waals surface area contributed by atoms with Gasteiger partial charge in [0.05, 0.1) is 12.6 Å². The smallest absolute Gasteiger partial charge is 0.261 e. The van der Waals surface area contributed by atoms with Crippen molar-refractivity contribution in [2.75, 3.05) is 6.61 Å². The number of hydrogen-bond donors (Lipinski definition) is 1. The molecule has 134 valence electrons. The van der Waals surface area contributed by atoms with Crippen LogP contribution in [-0.4, -0.2) is 18.6 Å². The molecule has 4 nitrogen and oxygen atoms in total. The predicted molar refractivity (Wildman–Crippen MR) is 100 cm³/mol. The summed E-state index contributed by atoms with van der Waals surface area (Å²) in [6, 6.07) is 13.5. The SMILES string of the molecule is CCOc1ccc([C@H](C)NC(=O)[C@H](C)Oc2cccc(C)c2C)cc1. The second-order valence-corrected chi connectivity index (χ2v) is 6.19. The van der Waals surface area contributed by atoms with Gasteiger partial charge in [0.2, 0.25) is 0 Å². The Morgan fingerprint density at radius 1 is 1.08 bits per heavy atom. The van der Waals surface area contributed by atoms with Crippen molar-refractivity contribution in [3.05, 3.63) is 59.2 Å². The molecule has 1 amide bonds. The van der Waals surface area contributed by atoms with Crippen LogP contribution in [0.25, 0.3) is 0 Å². The average Bonchev–Trinajstić information content (AvgIpc) is 2.59. The number of carbonyl (C=O) groups is 1. The van der Waals surface area contributed by atoms with Crippen LogP contribution < -0.4 is 14.8 Å². The Morgan fingerprint density at radius 2 is 1.76 bits per heavy atom. The van der Waals surface area contributed by atoms with Crippen molar-refractivity contribution in [3.63, 3.8) is 0 Å². The highest BCUT2D eigenvalue weighted by Gasteiger charge is 2.18. The van der Waals surface area contributed by atoms with Crippen LogP contribution in [0, 0.1) is 13.8 Å². The van der Waals surface area contributed by atoms with Crippen molar-refractivity contribution < 1.29 is 14.3 Å². The molecule has 0 heterocycles. The summed E-state index contributed by atoms with van der Waals surface area (Å²) in [7, 11) is 0. The Labute approximate surface area is 150 Å². The zero-order valence-electron chi connectivity index (χ0n) is 15.6. The van der Waals surface area contributed by atoms with Crippen molar-refractivity contribution in [3.8, 4) is 11.5 Å². The van der Waals surface area contributed by atoms with E-state index in [1.54, 1.807) is 6.92 Å². The summed E-state index contributed by atoms with van der Waals surface area (Å²) < 4.78 is 11.3. The fourth-order valence-electron chi connectivity index (χ4n) is 2.53. The maximum atomic E-state index is 12.4. The molecular formula is C21H27NO3. The summed E-state index contributed by atoms with van der Waals surface area (Å²) in [5.74, 6) is 1.44. The van der Waals surface area contributed by atoms with Crippen LogP contribution in [0.15, 0.2) is 42.5 Å².